The van der Waals surface area contributed by atoms with E-state index >= 15 is 0 Å². The fraction of sp³-hybridized carbons (Fsp3) is 0.348. The maximum atomic E-state index is 6.47. The van der Waals surface area contributed by atoms with Crippen molar-refractivity contribution >= 4 is 34.8 Å². The maximum absolute atomic E-state index is 6.47. The van der Waals surface area contributed by atoms with Gasteiger partial charge in [0.2, 0.25) is 0 Å². The molecule has 0 amide bonds. The Kier molecular flexibility index (Phi) is 7.34. The molecule has 4 nitrogen and oxygen atoms in total. The van der Waals surface area contributed by atoms with E-state index in [0.29, 0.717) is 21.5 Å². The molecule has 0 N–H and O–H groups in total. The van der Waals surface area contributed by atoms with Gasteiger partial charge in [-0.25, -0.2) is 4.98 Å². The van der Waals surface area contributed by atoms with Crippen molar-refractivity contribution in [2.45, 2.75) is 50.7 Å². The summed E-state index contributed by atoms with van der Waals surface area (Å²) < 4.78 is 14.8. The minimum Gasteiger partial charge on any atom is -0.348 e. The van der Waals surface area contributed by atoms with Crippen LogP contribution in [0.4, 0.5) is 0 Å². The second-order valence-corrected chi connectivity index (χ2v) is 8.77. The SMILES string of the molecule is Clc1ccc(C(Cc2ccc(Cl)cc2Cl)OC2CCCC(Cn3ccnc3)O2)cc1. The molecule has 0 saturated carbocycles. The molecule has 1 aliphatic rings. The standard InChI is InChI=1S/C23H23Cl3N2O2/c24-18-7-4-16(5-8-18)22(12-17-6-9-19(25)13-21(17)26)30-23-3-1-2-20(29-23)14-28-11-10-27-15-28/h4-11,13,15,20,22-23H,1-3,12,14H2. The van der Waals surface area contributed by atoms with E-state index in [-0.39, 0.29) is 18.5 Å². The van der Waals surface area contributed by atoms with E-state index in [1.165, 1.54) is 0 Å². The number of halogens is 3. The van der Waals surface area contributed by atoms with Crippen molar-refractivity contribution in [3.63, 3.8) is 0 Å². The summed E-state index contributed by atoms with van der Waals surface area (Å²) in [6.07, 6.45) is 8.69. The fourth-order valence-corrected chi connectivity index (χ4v) is 4.33. The molecule has 7 heteroatoms. The van der Waals surface area contributed by atoms with E-state index < -0.39 is 0 Å². The Balaban J connectivity index is 1.49. The second-order valence-electron chi connectivity index (χ2n) is 7.49. The van der Waals surface area contributed by atoms with Crippen LogP contribution in [0, 0.1) is 0 Å². The van der Waals surface area contributed by atoms with Gasteiger partial charge in [0.15, 0.2) is 6.29 Å². The van der Waals surface area contributed by atoms with Crippen LogP contribution < -0.4 is 0 Å². The van der Waals surface area contributed by atoms with E-state index in [9.17, 15) is 0 Å². The fourth-order valence-electron chi connectivity index (χ4n) is 3.72. The van der Waals surface area contributed by atoms with Gasteiger partial charge in [-0.2, -0.15) is 0 Å². The van der Waals surface area contributed by atoms with Crippen LogP contribution in [0.1, 0.15) is 36.5 Å². The number of hydrogen-bond acceptors (Lipinski definition) is 3. The van der Waals surface area contributed by atoms with Crippen LogP contribution in [0.5, 0.6) is 0 Å². The topological polar surface area (TPSA) is 36.3 Å². The van der Waals surface area contributed by atoms with Gasteiger partial charge < -0.3 is 14.0 Å². The van der Waals surface area contributed by atoms with Gasteiger partial charge in [-0.15, -0.1) is 0 Å². The molecule has 0 aliphatic carbocycles. The van der Waals surface area contributed by atoms with Crippen LogP contribution in [-0.2, 0) is 22.4 Å². The zero-order valence-electron chi connectivity index (χ0n) is 16.4. The Labute approximate surface area is 191 Å². The van der Waals surface area contributed by atoms with Gasteiger partial charge in [0.25, 0.3) is 0 Å². The molecular formula is C23H23Cl3N2O2. The quantitative estimate of drug-likeness (QED) is 0.388. The predicted octanol–water partition coefficient (Wildman–Crippen LogP) is 6.74. The van der Waals surface area contributed by atoms with E-state index in [0.717, 1.165) is 36.9 Å². The predicted molar refractivity (Wildman–Crippen MR) is 120 cm³/mol. The molecule has 158 valence electrons. The zero-order chi connectivity index (χ0) is 20.9. The molecule has 0 bridgehead atoms. The van der Waals surface area contributed by atoms with Crippen molar-refractivity contribution < 1.29 is 9.47 Å². The maximum Gasteiger partial charge on any atom is 0.158 e. The van der Waals surface area contributed by atoms with Crippen LogP contribution in [0.3, 0.4) is 0 Å². The lowest BCUT2D eigenvalue weighted by atomic mass is 10.0. The average molecular weight is 466 g/mol. The first-order valence-electron chi connectivity index (χ1n) is 10.0. The highest BCUT2D eigenvalue weighted by atomic mass is 35.5. The Morgan fingerprint density at radius 1 is 1.07 bits per heavy atom. The lowest BCUT2D eigenvalue weighted by Gasteiger charge is -2.33. The normalized spacial score (nSPS) is 20.2. The van der Waals surface area contributed by atoms with Crippen molar-refractivity contribution in [1.29, 1.82) is 0 Å². The summed E-state index contributed by atoms with van der Waals surface area (Å²) in [4.78, 5) is 4.11. The summed E-state index contributed by atoms with van der Waals surface area (Å²) in [5, 5.41) is 1.94. The second kappa shape index (κ2) is 10.2. The van der Waals surface area contributed by atoms with Crippen molar-refractivity contribution in [3.8, 4) is 0 Å². The summed E-state index contributed by atoms with van der Waals surface area (Å²) in [5.74, 6) is 0. The summed E-state index contributed by atoms with van der Waals surface area (Å²) in [6, 6.07) is 13.3. The lowest BCUT2D eigenvalue weighted by molar-refractivity contribution is -0.218. The van der Waals surface area contributed by atoms with Gasteiger partial charge in [-0.3, -0.25) is 0 Å². The molecule has 3 atom stereocenters. The third-order valence-corrected chi connectivity index (χ3v) is 6.10. The minimum absolute atomic E-state index is 0.0999. The molecule has 1 saturated heterocycles. The Hall–Kier alpha value is -1.56. The van der Waals surface area contributed by atoms with E-state index in [1.807, 2.05) is 53.5 Å². The molecule has 30 heavy (non-hydrogen) atoms. The van der Waals surface area contributed by atoms with Crippen molar-refractivity contribution in [2.75, 3.05) is 0 Å². The number of rotatable bonds is 7. The lowest BCUT2D eigenvalue weighted by Crippen LogP contribution is -2.33. The molecule has 1 aromatic heterocycles. The molecule has 1 aliphatic heterocycles. The smallest absolute Gasteiger partial charge is 0.158 e. The highest BCUT2D eigenvalue weighted by Crippen LogP contribution is 2.32. The highest BCUT2D eigenvalue weighted by Gasteiger charge is 2.27. The van der Waals surface area contributed by atoms with Crippen LogP contribution >= 0.6 is 34.8 Å². The molecule has 1 fully saturated rings. The van der Waals surface area contributed by atoms with Gasteiger partial charge in [-0.1, -0.05) is 53.0 Å². The number of imidazole rings is 1. The Morgan fingerprint density at radius 3 is 2.60 bits per heavy atom. The van der Waals surface area contributed by atoms with Gasteiger partial charge in [0.1, 0.15) is 0 Å². The highest BCUT2D eigenvalue weighted by molar-refractivity contribution is 6.35. The monoisotopic (exact) mass is 464 g/mol. The first-order valence-corrected chi connectivity index (χ1v) is 11.2. The third-order valence-electron chi connectivity index (χ3n) is 5.26. The Bertz CT molecular complexity index is 948. The van der Waals surface area contributed by atoms with Gasteiger partial charge in [0.05, 0.1) is 18.5 Å². The van der Waals surface area contributed by atoms with Crippen LogP contribution in [0.25, 0.3) is 0 Å². The first kappa shape index (κ1) is 21.7. The zero-order valence-corrected chi connectivity index (χ0v) is 18.7. The van der Waals surface area contributed by atoms with E-state index in [4.69, 9.17) is 44.3 Å². The van der Waals surface area contributed by atoms with Crippen LogP contribution in [0.15, 0.2) is 61.2 Å². The molecule has 3 aromatic rings. The minimum atomic E-state index is -0.279. The van der Waals surface area contributed by atoms with Gasteiger partial charge >= 0.3 is 0 Å². The number of ether oxygens (including phenoxy) is 2. The molecule has 0 radical (unpaired) electrons. The van der Waals surface area contributed by atoms with Crippen molar-refractivity contribution in [2.24, 2.45) is 0 Å². The van der Waals surface area contributed by atoms with Gasteiger partial charge in [-0.05, 0) is 54.7 Å². The van der Waals surface area contributed by atoms with E-state index in [2.05, 4.69) is 4.98 Å². The van der Waals surface area contributed by atoms with Crippen molar-refractivity contribution in [1.82, 2.24) is 9.55 Å². The number of hydrogen-bond donors (Lipinski definition) is 0. The van der Waals surface area contributed by atoms with Crippen molar-refractivity contribution in [3.05, 3.63) is 87.4 Å². The van der Waals surface area contributed by atoms with Crippen LogP contribution in [0.2, 0.25) is 15.1 Å². The average Bonchev–Trinajstić information content (AvgIpc) is 3.23. The molecular weight excluding hydrogens is 443 g/mol. The summed E-state index contributed by atoms with van der Waals surface area (Å²) >= 11 is 18.6. The molecule has 0 spiro atoms. The molecule has 2 heterocycles. The van der Waals surface area contributed by atoms with Crippen LogP contribution in [-0.4, -0.2) is 21.9 Å². The van der Waals surface area contributed by atoms with E-state index in [1.54, 1.807) is 12.3 Å². The summed E-state index contributed by atoms with van der Waals surface area (Å²) in [6.45, 7) is 0.772. The number of nitrogens with zero attached hydrogens (tertiary/aromatic N) is 2. The van der Waals surface area contributed by atoms with Gasteiger partial charge in [0, 0.05) is 40.4 Å². The summed E-state index contributed by atoms with van der Waals surface area (Å²) in [5.41, 5.74) is 2.01. The first-order chi connectivity index (χ1) is 14.6. The molecule has 3 unspecified atom stereocenters. The Morgan fingerprint density at radius 2 is 1.87 bits per heavy atom. The third kappa shape index (κ3) is 5.77. The summed E-state index contributed by atoms with van der Waals surface area (Å²) in [7, 11) is 0. The number of benzene rings is 2. The number of aromatic nitrogens is 2. The largest absolute Gasteiger partial charge is 0.348 e. The molecule has 2 aromatic carbocycles. The molecule has 4 rings (SSSR count).